The number of rotatable bonds is 6. The van der Waals surface area contributed by atoms with Crippen LogP contribution in [-0.4, -0.2) is 18.0 Å². The monoisotopic (exact) mass is 301 g/mol. The minimum absolute atomic E-state index is 0.00353. The molecule has 0 saturated carbocycles. The number of methoxy groups -OCH3 is 1. The van der Waals surface area contributed by atoms with E-state index in [-0.39, 0.29) is 12.3 Å². The molecule has 0 heterocycles. The van der Waals surface area contributed by atoms with Gasteiger partial charge in [0.05, 0.1) is 17.1 Å². The van der Waals surface area contributed by atoms with Crippen LogP contribution in [-0.2, 0) is 22.7 Å². The lowest BCUT2D eigenvalue weighted by atomic mass is 10.1. The van der Waals surface area contributed by atoms with Gasteiger partial charge in [-0.15, -0.1) is 0 Å². The number of ether oxygens (including phenoxy) is 2. The van der Waals surface area contributed by atoms with E-state index in [1.54, 1.807) is 43.5 Å². The summed E-state index contributed by atoms with van der Waals surface area (Å²) in [5, 5.41) is 10.5. The van der Waals surface area contributed by atoms with Gasteiger partial charge in [0, 0.05) is 19.2 Å². The summed E-state index contributed by atoms with van der Waals surface area (Å²) >= 11 is 0. The normalized spacial score (nSPS) is 10.2. The zero-order chi connectivity index (χ0) is 15.9. The van der Waals surface area contributed by atoms with Crippen molar-refractivity contribution in [3.63, 3.8) is 0 Å². The van der Waals surface area contributed by atoms with Gasteiger partial charge >= 0.3 is 5.97 Å². The van der Waals surface area contributed by atoms with E-state index in [0.29, 0.717) is 17.7 Å². The Hall–Kier alpha value is -2.73. The summed E-state index contributed by atoms with van der Waals surface area (Å²) in [5.41, 5.74) is 2.11. The lowest BCUT2D eigenvalue weighted by molar-refractivity contribution is -0.384. The first kappa shape index (κ1) is 15.7. The maximum Gasteiger partial charge on any atom is 0.338 e. The maximum absolute atomic E-state index is 11.9. The number of nitro benzene ring substituents is 1. The molecule has 0 bridgehead atoms. The summed E-state index contributed by atoms with van der Waals surface area (Å²) in [7, 11) is 1.60. The van der Waals surface area contributed by atoms with E-state index in [1.807, 2.05) is 0 Å². The van der Waals surface area contributed by atoms with Crippen molar-refractivity contribution in [1.29, 1.82) is 0 Å². The molecule has 114 valence electrons. The quantitative estimate of drug-likeness (QED) is 0.465. The zero-order valence-corrected chi connectivity index (χ0v) is 12.0. The summed E-state index contributed by atoms with van der Waals surface area (Å²) in [5.74, 6) is -0.442. The predicted octanol–water partition coefficient (Wildman–Crippen LogP) is 3.10. The number of nitrogens with zero attached hydrogens (tertiary/aromatic N) is 1. The standard InChI is InChI=1S/C16H15NO5/c1-21-10-12-2-6-14(7-3-12)16(18)22-11-13-4-8-15(9-5-13)17(19)20/h2-9H,10-11H2,1H3. The van der Waals surface area contributed by atoms with E-state index in [4.69, 9.17) is 9.47 Å². The van der Waals surface area contributed by atoms with Crippen molar-refractivity contribution < 1.29 is 19.2 Å². The lowest BCUT2D eigenvalue weighted by Gasteiger charge is -2.06. The Kier molecular flexibility index (Phi) is 5.21. The van der Waals surface area contributed by atoms with Crippen molar-refractivity contribution >= 4 is 11.7 Å². The topological polar surface area (TPSA) is 78.7 Å². The average molecular weight is 301 g/mol. The van der Waals surface area contributed by atoms with Crippen molar-refractivity contribution in [1.82, 2.24) is 0 Å². The van der Waals surface area contributed by atoms with E-state index < -0.39 is 10.9 Å². The van der Waals surface area contributed by atoms with Crippen LogP contribution in [0.4, 0.5) is 5.69 Å². The maximum atomic E-state index is 11.9. The average Bonchev–Trinajstić information content (AvgIpc) is 2.54. The molecule has 0 aliphatic heterocycles. The van der Waals surface area contributed by atoms with Crippen molar-refractivity contribution in [3.8, 4) is 0 Å². The first-order chi connectivity index (χ1) is 10.6. The van der Waals surface area contributed by atoms with Gasteiger partial charge in [-0.3, -0.25) is 10.1 Å². The molecule has 2 rings (SSSR count). The molecule has 2 aromatic rings. The van der Waals surface area contributed by atoms with E-state index in [1.165, 1.54) is 12.1 Å². The molecule has 0 radical (unpaired) electrons. The molecule has 0 aliphatic rings. The number of hydrogen-bond donors (Lipinski definition) is 0. The molecule has 0 spiro atoms. The van der Waals surface area contributed by atoms with Crippen LogP contribution < -0.4 is 0 Å². The lowest BCUT2D eigenvalue weighted by Crippen LogP contribution is -2.05. The number of esters is 1. The third-order valence-corrected chi connectivity index (χ3v) is 3.02. The van der Waals surface area contributed by atoms with E-state index in [0.717, 1.165) is 5.56 Å². The van der Waals surface area contributed by atoms with Gasteiger partial charge in [-0.1, -0.05) is 12.1 Å². The Morgan fingerprint density at radius 2 is 1.55 bits per heavy atom. The molecule has 0 saturated heterocycles. The molecule has 0 amide bonds. The molecule has 22 heavy (non-hydrogen) atoms. The Morgan fingerprint density at radius 1 is 1.00 bits per heavy atom. The molecular formula is C16H15NO5. The highest BCUT2D eigenvalue weighted by atomic mass is 16.6. The molecule has 0 aliphatic carbocycles. The number of carbonyl (C=O) groups is 1. The molecule has 6 nitrogen and oxygen atoms in total. The van der Waals surface area contributed by atoms with Gasteiger partial charge in [-0.25, -0.2) is 4.79 Å². The van der Waals surface area contributed by atoms with Crippen molar-refractivity contribution in [3.05, 3.63) is 75.3 Å². The molecule has 0 fully saturated rings. The molecule has 0 atom stereocenters. The summed E-state index contributed by atoms with van der Waals surface area (Å²) in [4.78, 5) is 22.0. The fourth-order valence-corrected chi connectivity index (χ4v) is 1.85. The van der Waals surface area contributed by atoms with E-state index in [2.05, 4.69) is 0 Å². The smallest absolute Gasteiger partial charge is 0.338 e. The Balaban J connectivity index is 1.93. The van der Waals surface area contributed by atoms with Gasteiger partial charge in [-0.2, -0.15) is 0 Å². The van der Waals surface area contributed by atoms with Crippen LogP contribution in [0.2, 0.25) is 0 Å². The minimum Gasteiger partial charge on any atom is -0.457 e. The van der Waals surface area contributed by atoms with E-state index >= 15 is 0 Å². The summed E-state index contributed by atoms with van der Waals surface area (Å²) < 4.78 is 10.2. The highest BCUT2D eigenvalue weighted by molar-refractivity contribution is 5.89. The molecule has 2 aromatic carbocycles. The van der Waals surface area contributed by atoms with Crippen molar-refractivity contribution in [2.75, 3.05) is 7.11 Å². The number of nitro groups is 1. The van der Waals surface area contributed by atoms with Crippen LogP contribution in [0, 0.1) is 10.1 Å². The van der Waals surface area contributed by atoms with Gasteiger partial charge < -0.3 is 9.47 Å². The Morgan fingerprint density at radius 3 is 2.09 bits per heavy atom. The molecule has 0 N–H and O–H groups in total. The van der Waals surface area contributed by atoms with Crippen LogP contribution in [0.5, 0.6) is 0 Å². The van der Waals surface area contributed by atoms with Crippen molar-refractivity contribution in [2.45, 2.75) is 13.2 Å². The largest absolute Gasteiger partial charge is 0.457 e. The second-order valence-electron chi connectivity index (χ2n) is 4.63. The fraction of sp³-hybridized carbons (Fsp3) is 0.188. The first-order valence-corrected chi connectivity index (χ1v) is 6.58. The number of benzene rings is 2. The SMILES string of the molecule is COCc1ccc(C(=O)OCc2ccc([N+](=O)[O-])cc2)cc1. The van der Waals surface area contributed by atoms with Gasteiger partial charge in [0.2, 0.25) is 0 Å². The van der Waals surface area contributed by atoms with E-state index in [9.17, 15) is 14.9 Å². The predicted molar refractivity (Wildman–Crippen MR) is 79.4 cm³/mol. The van der Waals surface area contributed by atoms with Gasteiger partial charge in [0.15, 0.2) is 0 Å². The van der Waals surface area contributed by atoms with Gasteiger partial charge in [0.25, 0.3) is 5.69 Å². The number of carbonyl (C=O) groups excluding carboxylic acids is 1. The second kappa shape index (κ2) is 7.33. The van der Waals surface area contributed by atoms with Crippen LogP contribution in [0.1, 0.15) is 21.5 Å². The summed E-state index contributed by atoms with van der Waals surface area (Å²) in [6.07, 6.45) is 0. The summed E-state index contributed by atoms with van der Waals surface area (Å²) in [6, 6.07) is 12.8. The highest BCUT2D eigenvalue weighted by Gasteiger charge is 2.09. The third-order valence-electron chi connectivity index (χ3n) is 3.02. The van der Waals surface area contributed by atoms with Crippen LogP contribution >= 0.6 is 0 Å². The fourth-order valence-electron chi connectivity index (χ4n) is 1.85. The van der Waals surface area contributed by atoms with Gasteiger partial charge in [-0.05, 0) is 35.4 Å². The Labute approximate surface area is 127 Å². The second-order valence-corrected chi connectivity index (χ2v) is 4.63. The zero-order valence-electron chi connectivity index (χ0n) is 12.0. The van der Waals surface area contributed by atoms with Crippen molar-refractivity contribution in [2.24, 2.45) is 0 Å². The van der Waals surface area contributed by atoms with Crippen LogP contribution in [0.3, 0.4) is 0 Å². The molecule has 0 aromatic heterocycles. The first-order valence-electron chi connectivity index (χ1n) is 6.58. The molecule has 0 unspecified atom stereocenters. The van der Waals surface area contributed by atoms with Gasteiger partial charge in [0.1, 0.15) is 6.61 Å². The third kappa shape index (κ3) is 4.13. The molecule has 6 heteroatoms. The Bertz CT molecular complexity index is 649. The minimum atomic E-state index is -0.475. The molecular weight excluding hydrogens is 286 g/mol. The van der Waals surface area contributed by atoms with Crippen LogP contribution in [0.15, 0.2) is 48.5 Å². The summed E-state index contributed by atoms with van der Waals surface area (Å²) in [6.45, 7) is 0.550. The van der Waals surface area contributed by atoms with Crippen LogP contribution in [0.25, 0.3) is 0 Å². The number of non-ortho nitro benzene ring substituents is 1. The number of hydrogen-bond acceptors (Lipinski definition) is 5. The highest BCUT2D eigenvalue weighted by Crippen LogP contribution is 2.13.